The maximum absolute atomic E-state index is 11.4. The van der Waals surface area contributed by atoms with Gasteiger partial charge in [0.15, 0.2) is 0 Å². The molecule has 0 saturated carbocycles. The van der Waals surface area contributed by atoms with Gasteiger partial charge in [0.05, 0.1) is 0 Å². The highest BCUT2D eigenvalue weighted by atomic mass is 16.3. The van der Waals surface area contributed by atoms with E-state index < -0.39 is 0 Å². The minimum atomic E-state index is -0.0685. The molecule has 2 rings (SSSR count). The van der Waals surface area contributed by atoms with E-state index in [1.165, 1.54) is 5.56 Å². The Kier molecular flexibility index (Phi) is 4.26. The van der Waals surface area contributed by atoms with E-state index in [4.69, 9.17) is 5.11 Å². The van der Waals surface area contributed by atoms with Crippen molar-refractivity contribution in [3.8, 4) is 11.1 Å². The molecule has 2 heteroatoms. The number of aliphatic hydroxyl groups is 1. The van der Waals surface area contributed by atoms with E-state index in [-0.39, 0.29) is 18.8 Å². The smallest absolute Gasteiger partial charge is 0.139 e. The third-order valence-electron chi connectivity index (χ3n) is 2.85. The lowest BCUT2D eigenvalue weighted by Gasteiger charge is -2.04. The molecule has 0 aliphatic heterocycles. The molecule has 18 heavy (non-hydrogen) atoms. The summed E-state index contributed by atoms with van der Waals surface area (Å²) in [7, 11) is 0. The van der Waals surface area contributed by atoms with Gasteiger partial charge >= 0.3 is 0 Å². The summed E-state index contributed by atoms with van der Waals surface area (Å²) in [4.78, 5) is 11.4. The molecular weight excluding hydrogens is 224 g/mol. The van der Waals surface area contributed by atoms with Crippen LogP contribution < -0.4 is 0 Å². The number of carbonyl (C=O) groups is 1. The number of Topliss-reactive ketones (excluding diaryl/α,β-unsaturated/α-hetero) is 1. The van der Waals surface area contributed by atoms with Gasteiger partial charge in [0.2, 0.25) is 0 Å². The lowest BCUT2D eigenvalue weighted by atomic mass is 10.0. The van der Waals surface area contributed by atoms with Crippen LogP contribution in [0.25, 0.3) is 11.1 Å². The average molecular weight is 240 g/mol. The Hall–Kier alpha value is -1.93. The Labute approximate surface area is 107 Å². The second-order valence-electron chi connectivity index (χ2n) is 4.25. The van der Waals surface area contributed by atoms with Crippen molar-refractivity contribution in [2.24, 2.45) is 0 Å². The summed E-state index contributed by atoms with van der Waals surface area (Å²) in [5.74, 6) is 0.0740. The fraction of sp³-hybridized carbons (Fsp3) is 0.188. The zero-order valence-corrected chi connectivity index (χ0v) is 10.2. The molecule has 0 bridgehead atoms. The van der Waals surface area contributed by atoms with Crippen LogP contribution in [0.4, 0.5) is 0 Å². The van der Waals surface area contributed by atoms with Gasteiger partial charge in [-0.1, -0.05) is 54.6 Å². The molecule has 2 nitrogen and oxygen atoms in total. The van der Waals surface area contributed by atoms with E-state index in [0.717, 1.165) is 11.1 Å². The number of aliphatic hydroxyl groups excluding tert-OH is 1. The van der Waals surface area contributed by atoms with Gasteiger partial charge < -0.3 is 5.11 Å². The number of carbonyl (C=O) groups excluding carboxylic acids is 1. The number of ketones is 1. The van der Waals surface area contributed by atoms with Crippen molar-refractivity contribution in [3.05, 3.63) is 60.2 Å². The fourth-order valence-corrected chi connectivity index (χ4v) is 1.89. The van der Waals surface area contributed by atoms with Crippen LogP contribution in [0.3, 0.4) is 0 Å². The number of rotatable bonds is 5. The van der Waals surface area contributed by atoms with Gasteiger partial charge in [0, 0.05) is 19.4 Å². The molecular formula is C16H16O2. The van der Waals surface area contributed by atoms with Crippen LogP contribution in [-0.4, -0.2) is 17.5 Å². The van der Waals surface area contributed by atoms with Gasteiger partial charge in [-0.05, 0) is 16.7 Å². The van der Waals surface area contributed by atoms with Crippen LogP contribution in [-0.2, 0) is 11.2 Å². The Morgan fingerprint density at radius 3 is 2.11 bits per heavy atom. The molecule has 2 aromatic carbocycles. The van der Waals surface area contributed by atoms with Gasteiger partial charge in [0.1, 0.15) is 5.78 Å². The number of benzene rings is 2. The number of hydrogen-bond acceptors (Lipinski definition) is 2. The summed E-state index contributed by atoms with van der Waals surface area (Å²) in [5, 5.41) is 8.69. The summed E-state index contributed by atoms with van der Waals surface area (Å²) in [6.45, 7) is -0.0685. The highest BCUT2D eigenvalue weighted by Crippen LogP contribution is 2.19. The molecule has 0 atom stereocenters. The van der Waals surface area contributed by atoms with E-state index in [1.807, 2.05) is 42.5 Å². The molecule has 0 spiro atoms. The molecule has 0 radical (unpaired) electrons. The third kappa shape index (κ3) is 3.28. The van der Waals surface area contributed by atoms with Crippen LogP contribution in [0, 0.1) is 0 Å². The second kappa shape index (κ2) is 6.12. The molecule has 0 heterocycles. The Bertz CT molecular complexity index is 500. The summed E-state index contributed by atoms with van der Waals surface area (Å²) >= 11 is 0. The Morgan fingerprint density at radius 2 is 1.50 bits per heavy atom. The van der Waals surface area contributed by atoms with Gasteiger partial charge in [0.25, 0.3) is 0 Å². The summed E-state index contributed by atoms with van der Waals surface area (Å²) < 4.78 is 0. The van der Waals surface area contributed by atoms with E-state index >= 15 is 0 Å². The van der Waals surface area contributed by atoms with Crippen molar-refractivity contribution in [1.82, 2.24) is 0 Å². The van der Waals surface area contributed by atoms with Crippen LogP contribution in [0.15, 0.2) is 54.6 Å². The van der Waals surface area contributed by atoms with Crippen molar-refractivity contribution >= 4 is 5.78 Å². The molecule has 0 saturated heterocycles. The maximum atomic E-state index is 11.4. The van der Waals surface area contributed by atoms with Crippen molar-refractivity contribution in [1.29, 1.82) is 0 Å². The molecule has 2 aromatic rings. The standard InChI is InChI=1S/C16H16O2/c17-11-10-16(18)12-13-6-8-15(9-7-13)14-4-2-1-3-5-14/h1-9,17H,10-12H2. The predicted octanol–water partition coefficient (Wildman–Crippen LogP) is 2.85. The van der Waals surface area contributed by atoms with E-state index in [2.05, 4.69) is 12.1 Å². The average Bonchev–Trinajstić information content (AvgIpc) is 2.41. The molecule has 0 amide bonds. The maximum Gasteiger partial charge on any atom is 0.139 e. The lowest BCUT2D eigenvalue weighted by Crippen LogP contribution is -2.04. The van der Waals surface area contributed by atoms with E-state index in [1.54, 1.807) is 0 Å². The molecule has 0 fully saturated rings. The summed E-state index contributed by atoms with van der Waals surface area (Å²) in [6, 6.07) is 18.1. The van der Waals surface area contributed by atoms with Crippen LogP contribution in [0.1, 0.15) is 12.0 Å². The Balaban J connectivity index is 2.09. The Morgan fingerprint density at radius 1 is 0.889 bits per heavy atom. The monoisotopic (exact) mass is 240 g/mol. The topological polar surface area (TPSA) is 37.3 Å². The molecule has 0 unspecified atom stereocenters. The summed E-state index contributed by atoms with van der Waals surface area (Å²) in [5.41, 5.74) is 3.31. The number of hydrogen-bond donors (Lipinski definition) is 1. The SMILES string of the molecule is O=C(CCO)Cc1ccc(-c2ccccc2)cc1. The molecule has 0 aliphatic rings. The van der Waals surface area contributed by atoms with Crippen molar-refractivity contribution < 1.29 is 9.90 Å². The van der Waals surface area contributed by atoms with Gasteiger partial charge in [-0.25, -0.2) is 0 Å². The van der Waals surface area contributed by atoms with Crippen LogP contribution in [0.2, 0.25) is 0 Å². The highest BCUT2D eigenvalue weighted by Gasteiger charge is 2.03. The van der Waals surface area contributed by atoms with E-state index in [0.29, 0.717) is 6.42 Å². The largest absolute Gasteiger partial charge is 0.396 e. The van der Waals surface area contributed by atoms with Crippen LogP contribution >= 0.6 is 0 Å². The fourth-order valence-electron chi connectivity index (χ4n) is 1.89. The first-order chi connectivity index (χ1) is 8.79. The van der Waals surface area contributed by atoms with Crippen molar-refractivity contribution in [2.75, 3.05) is 6.61 Å². The minimum Gasteiger partial charge on any atom is -0.396 e. The highest BCUT2D eigenvalue weighted by molar-refractivity contribution is 5.81. The molecule has 0 aromatic heterocycles. The zero-order valence-electron chi connectivity index (χ0n) is 10.2. The van der Waals surface area contributed by atoms with Gasteiger partial charge in [-0.15, -0.1) is 0 Å². The first-order valence-corrected chi connectivity index (χ1v) is 6.06. The quantitative estimate of drug-likeness (QED) is 0.872. The van der Waals surface area contributed by atoms with Gasteiger partial charge in [-0.3, -0.25) is 4.79 Å². The van der Waals surface area contributed by atoms with Crippen LogP contribution in [0.5, 0.6) is 0 Å². The lowest BCUT2D eigenvalue weighted by molar-refractivity contribution is -0.119. The summed E-state index contributed by atoms with van der Waals surface area (Å²) in [6.07, 6.45) is 0.635. The zero-order chi connectivity index (χ0) is 12.8. The molecule has 92 valence electrons. The predicted molar refractivity (Wildman–Crippen MR) is 72.3 cm³/mol. The minimum absolute atomic E-state index is 0.0685. The third-order valence-corrected chi connectivity index (χ3v) is 2.85. The normalized spacial score (nSPS) is 10.3. The second-order valence-corrected chi connectivity index (χ2v) is 4.25. The molecule has 1 N–H and O–H groups in total. The van der Waals surface area contributed by atoms with E-state index in [9.17, 15) is 4.79 Å². The van der Waals surface area contributed by atoms with Crippen molar-refractivity contribution in [3.63, 3.8) is 0 Å². The van der Waals surface area contributed by atoms with Gasteiger partial charge in [-0.2, -0.15) is 0 Å². The first-order valence-electron chi connectivity index (χ1n) is 6.06. The molecule has 0 aliphatic carbocycles. The first kappa shape index (κ1) is 12.5. The van der Waals surface area contributed by atoms with Crippen molar-refractivity contribution in [2.45, 2.75) is 12.8 Å².